The zero-order valence-corrected chi connectivity index (χ0v) is 9.62. The molecule has 0 spiro atoms. The van der Waals surface area contributed by atoms with Gasteiger partial charge in [-0.15, -0.1) is 0 Å². The Bertz CT molecular complexity index is 513. The van der Waals surface area contributed by atoms with Gasteiger partial charge in [0.1, 0.15) is 6.04 Å². The fourth-order valence-electron chi connectivity index (χ4n) is 1.68. The molecule has 0 radical (unpaired) electrons. The molecule has 1 aromatic carbocycles. The van der Waals surface area contributed by atoms with Crippen molar-refractivity contribution >= 4 is 11.6 Å². The molecule has 5 nitrogen and oxygen atoms in total. The summed E-state index contributed by atoms with van der Waals surface area (Å²) in [5.41, 5.74) is 0.703. The van der Waals surface area contributed by atoms with E-state index in [0.29, 0.717) is 10.6 Å². The SMILES string of the molecule is O=[N+]([O-])CC(c1ccccc1Cl)n1cccn1. The van der Waals surface area contributed by atoms with Gasteiger partial charge in [0.15, 0.2) is 0 Å². The molecule has 17 heavy (non-hydrogen) atoms. The summed E-state index contributed by atoms with van der Waals surface area (Å²) < 4.78 is 1.55. The number of hydrogen-bond donors (Lipinski definition) is 0. The Morgan fingerprint density at radius 1 is 1.41 bits per heavy atom. The van der Waals surface area contributed by atoms with Crippen molar-refractivity contribution in [1.82, 2.24) is 9.78 Å². The molecule has 0 fully saturated rings. The number of rotatable bonds is 4. The standard InChI is InChI=1S/C11H10ClN3O2/c12-10-5-2-1-4-9(10)11(8-15(16)17)14-7-3-6-13-14/h1-7,11H,8H2. The van der Waals surface area contributed by atoms with Gasteiger partial charge in [-0.05, 0) is 12.1 Å². The van der Waals surface area contributed by atoms with Crippen LogP contribution in [0.1, 0.15) is 11.6 Å². The van der Waals surface area contributed by atoms with Crippen LogP contribution < -0.4 is 0 Å². The quantitative estimate of drug-likeness (QED) is 0.619. The highest BCUT2D eigenvalue weighted by Gasteiger charge is 2.22. The normalized spacial score (nSPS) is 12.3. The van der Waals surface area contributed by atoms with E-state index < -0.39 is 6.04 Å². The van der Waals surface area contributed by atoms with Crippen molar-refractivity contribution in [3.8, 4) is 0 Å². The van der Waals surface area contributed by atoms with Crippen LogP contribution in [0.25, 0.3) is 0 Å². The van der Waals surface area contributed by atoms with Crippen LogP contribution in [-0.2, 0) is 0 Å². The van der Waals surface area contributed by atoms with Crippen molar-refractivity contribution in [2.75, 3.05) is 6.54 Å². The lowest BCUT2D eigenvalue weighted by Gasteiger charge is -2.15. The summed E-state index contributed by atoms with van der Waals surface area (Å²) >= 11 is 6.06. The third-order valence-corrected chi connectivity index (χ3v) is 2.77. The van der Waals surface area contributed by atoms with Crippen molar-refractivity contribution in [2.45, 2.75) is 6.04 Å². The van der Waals surface area contributed by atoms with Crippen molar-refractivity contribution < 1.29 is 4.92 Å². The van der Waals surface area contributed by atoms with E-state index in [1.807, 2.05) is 0 Å². The van der Waals surface area contributed by atoms with E-state index in [-0.39, 0.29) is 11.5 Å². The summed E-state index contributed by atoms with van der Waals surface area (Å²) in [6.07, 6.45) is 3.28. The number of halogens is 1. The monoisotopic (exact) mass is 251 g/mol. The molecule has 0 bridgehead atoms. The highest BCUT2D eigenvalue weighted by Crippen LogP contribution is 2.25. The summed E-state index contributed by atoms with van der Waals surface area (Å²) in [6.45, 7) is -0.245. The first kappa shape index (κ1) is 11.6. The van der Waals surface area contributed by atoms with Crippen LogP contribution in [0, 0.1) is 10.1 Å². The average molecular weight is 252 g/mol. The lowest BCUT2D eigenvalue weighted by Crippen LogP contribution is -2.20. The Hall–Kier alpha value is -1.88. The van der Waals surface area contributed by atoms with Crippen molar-refractivity contribution in [1.29, 1.82) is 0 Å². The minimum absolute atomic E-state index is 0.245. The van der Waals surface area contributed by atoms with E-state index in [9.17, 15) is 10.1 Å². The molecule has 0 amide bonds. The minimum Gasteiger partial charge on any atom is -0.264 e. The van der Waals surface area contributed by atoms with Gasteiger partial charge < -0.3 is 0 Å². The van der Waals surface area contributed by atoms with E-state index in [1.165, 1.54) is 0 Å². The molecule has 88 valence electrons. The molecule has 0 saturated heterocycles. The molecule has 0 aliphatic carbocycles. The van der Waals surface area contributed by atoms with Gasteiger partial charge in [-0.3, -0.25) is 14.8 Å². The van der Waals surface area contributed by atoms with Gasteiger partial charge in [0, 0.05) is 27.9 Å². The molecular weight excluding hydrogens is 242 g/mol. The van der Waals surface area contributed by atoms with Crippen molar-refractivity contribution in [3.05, 3.63) is 63.4 Å². The molecule has 2 rings (SSSR count). The van der Waals surface area contributed by atoms with E-state index in [0.717, 1.165) is 0 Å². The highest BCUT2D eigenvalue weighted by atomic mass is 35.5. The molecule has 0 aliphatic heterocycles. The first-order chi connectivity index (χ1) is 8.18. The van der Waals surface area contributed by atoms with Gasteiger partial charge in [0.2, 0.25) is 6.54 Å². The van der Waals surface area contributed by atoms with Crippen LogP contribution in [0.4, 0.5) is 0 Å². The Kier molecular flexibility index (Phi) is 3.39. The molecule has 1 aromatic heterocycles. The van der Waals surface area contributed by atoms with Gasteiger partial charge in [-0.2, -0.15) is 5.10 Å². The maximum absolute atomic E-state index is 10.7. The van der Waals surface area contributed by atoms with Crippen LogP contribution in [0.5, 0.6) is 0 Å². The number of hydrogen-bond acceptors (Lipinski definition) is 3. The second kappa shape index (κ2) is 4.97. The average Bonchev–Trinajstić information content (AvgIpc) is 2.80. The van der Waals surface area contributed by atoms with E-state index in [1.54, 1.807) is 47.4 Å². The molecule has 2 aromatic rings. The molecule has 1 unspecified atom stereocenters. The molecule has 1 heterocycles. The third kappa shape index (κ3) is 2.62. The third-order valence-electron chi connectivity index (χ3n) is 2.43. The van der Waals surface area contributed by atoms with Crippen LogP contribution in [0.2, 0.25) is 5.02 Å². The summed E-state index contributed by atoms with van der Waals surface area (Å²) in [4.78, 5) is 10.3. The van der Waals surface area contributed by atoms with Gasteiger partial charge in [0.05, 0.1) is 0 Å². The maximum atomic E-state index is 10.7. The molecule has 0 N–H and O–H groups in total. The second-order valence-electron chi connectivity index (χ2n) is 3.54. The lowest BCUT2D eigenvalue weighted by molar-refractivity contribution is -0.484. The molecule has 0 saturated carbocycles. The fraction of sp³-hybridized carbons (Fsp3) is 0.182. The molecule has 1 atom stereocenters. The van der Waals surface area contributed by atoms with E-state index in [2.05, 4.69) is 5.10 Å². The van der Waals surface area contributed by atoms with Gasteiger partial charge in [0.25, 0.3) is 0 Å². The first-order valence-electron chi connectivity index (χ1n) is 5.04. The zero-order chi connectivity index (χ0) is 12.3. The summed E-state index contributed by atoms with van der Waals surface area (Å²) in [6, 6.07) is 8.33. The molecular formula is C11H10ClN3O2. The lowest BCUT2D eigenvalue weighted by atomic mass is 10.1. The van der Waals surface area contributed by atoms with Crippen molar-refractivity contribution in [2.24, 2.45) is 0 Å². The topological polar surface area (TPSA) is 61.0 Å². The highest BCUT2D eigenvalue weighted by molar-refractivity contribution is 6.31. The fourth-order valence-corrected chi connectivity index (χ4v) is 1.94. The summed E-state index contributed by atoms with van der Waals surface area (Å²) in [7, 11) is 0. The first-order valence-corrected chi connectivity index (χ1v) is 5.41. The smallest absolute Gasteiger partial charge is 0.230 e. The van der Waals surface area contributed by atoms with Gasteiger partial charge >= 0.3 is 0 Å². The van der Waals surface area contributed by atoms with Crippen LogP contribution in [-0.4, -0.2) is 21.2 Å². The van der Waals surface area contributed by atoms with Gasteiger partial charge in [-0.1, -0.05) is 29.8 Å². The number of aromatic nitrogens is 2. The van der Waals surface area contributed by atoms with E-state index in [4.69, 9.17) is 11.6 Å². The largest absolute Gasteiger partial charge is 0.264 e. The van der Waals surface area contributed by atoms with E-state index >= 15 is 0 Å². The van der Waals surface area contributed by atoms with Gasteiger partial charge in [-0.25, -0.2) is 0 Å². The van der Waals surface area contributed by atoms with Crippen LogP contribution in [0.3, 0.4) is 0 Å². The summed E-state index contributed by atoms with van der Waals surface area (Å²) in [5.74, 6) is 0. The van der Waals surface area contributed by atoms with Crippen LogP contribution in [0.15, 0.2) is 42.7 Å². The van der Waals surface area contributed by atoms with Crippen molar-refractivity contribution in [3.63, 3.8) is 0 Å². The minimum atomic E-state index is -0.478. The maximum Gasteiger partial charge on any atom is 0.230 e. The number of nitrogens with zero attached hydrogens (tertiary/aromatic N) is 3. The molecule has 0 aliphatic rings. The Morgan fingerprint density at radius 2 is 2.18 bits per heavy atom. The number of benzene rings is 1. The predicted molar refractivity (Wildman–Crippen MR) is 63.7 cm³/mol. The Morgan fingerprint density at radius 3 is 2.76 bits per heavy atom. The molecule has 6 heteroatoms. The number of nitro groups is 1. The van der Waals surface area contributed by atoms with Crippen LogP contribution >= 0.6 is 11.6 Å². The Balaban J connectivity index is 2.41. The zero-order valence-electron chi connectivity index (χ0n) is 8.86. The Labute approximate surface area is 103 Å². The second-order valence-corrected chi connectivity index (χ2v) is 3.95. The predicted octanol–water partition coefficient (Wildman–Crippen LogP) is 2.40. The summed E-state index contributed by atoms with van der Waals surface area (Å²) in [5, 5.41) is 15.3.